The van der Waals surface area contributed by atoms with Gasteiger partial charge in [0.1, 0.15) is 0 Å². The SMILES string of the molecule is CCc1nc(C(=O)NCCC(C)(C)C)c(N)nc1C(=O)N(CC)CCC(C)(C)C. The van der Waals surface area contributed by atoms with Crippen molar-refractivity contribution in [2.45, 2.75) is 74.7 Å². The molecule has 0 fully saturated rings. The van der Waals surface area contributed by atoms with Gasteiger partial charge >= 0.3 is 0 Å². The summed E-state index contributed by atoms with van der Waals surface area (Å²) in [5.74, 6) is -0.550. The molecule has 3 N–H and O–H groups in total. The van der Waals surface area contributed by atoms with Crippen molar-refractivity contribution in [1.82, 2.24) is 20.2 Å². The number of aryl methyl sites for hydroxylation is 1. The molecular formula is C22H39N5O2. The summed E-state index contributed by atoms with van der Waals surface area (Å²) in [7, 11) is 0. The lowest BCUT2D eigenvalue weighted by Gasteiger charge is -2.26. The summed E-state index contributed by atoms with van der Waals surface area (Å²) >= 11 is 0. The van der Waals surface area contributed by atoms with E-state index in [1.165, 1.54) is 0 Å². The predicted octanol–water partition coefficient (Wildman–Crippen LogP) is 3.69. The van der Waals surface area contributed by atoms with Crippen LogP contribution in [-0.2, 0) is 6.42 Å². The molecule has 0 saturated heterocycles. The number of carbonyl (C=O) groups excluding carboxylic acids is 2. The molecule has 164 valence electrons. The second kappa shape index (κ2) is 10.0. The normalized spacial score (nSPS) is 12.0. The van der Waals surface area contributed by atoms with Crippen LogP contribution in [0.2, 0.25) is 0 Å². The summed E-state index contributed by atoms with van der Waals surface area (Å²) in [6.45, 7) is 18.4. The number of nitrogen functional groups attached to an aromatic ring is 1. The molecule has 0 radical (unpaired) electrons. The molecule has 2 amide bonds. The highest BCUT2D eigenvalue weighted by Gasteiger charge is 2.25. The standard InChI is InChI=1S/C22H39N5O2/c1-9-15-16(20(29)27(10-2)14-12-22(6,7)8)26-18(23)17(25-15)19(28)24-13-11-21(3,4)5/h9-14H2,1-8H3,(H2,23,26)(H,24,28). The lowest BCUT2D eigenvalue weighted by Crippen LogP contribution is -2.36. The molecule has 0 aliphatic rings. The Bertz CT molecular complexity index is 717. The van der Waals surface area contributed by atoms with E-state index in [4.69, 9.17) is 5.73 Å². The van der Waals surface area contributed by atoms with Crippen molar-refractivity contribution in [3.8, 4) is 0 Å². The zero-order valence-corrected chi connectivity index (χ0v) is 19.5. The monoisotopic (exact) mass is 405 g/mol. The highest BCUT2D eigenvalue weighted by atomic mass is 16.2. The van der Waals surface area contributed by atoms with E-state index in [9.17, 15) is 9.59 Å². The summed E-state index contributed by atoms with van der Waals surface area (Å²) in [5.41, 5.74) is 7.09. The molecule has 1 heterocycles. The van der Waals surface area contributed by atoms with E-state index in [1.54, 1.807) is 4.90 Å². The summed E-state index contributed by atoms with van der Waals surface area (Å²) in [4.78, 5) is 36.0. The molecule has 0 saturated carbocycles. The minimum absolute atomic E-state index is 0.00863. The van der Waals surface area contributed by atoms with Crippen LogP contribution in [0.25, 0.3) is 0 Å². The lowest BCUT2D eigenvalue weighted by molar-refractivity contribution is 0.0738. The van der Waals surface area contributed by atoms with Crippen molar-refractivity contribution in [3.05, 3.63) is 17.1 Å². The number of nitrogens with zero attached hydrogens (tertiary/aromatic N) is 3. The Labute approximate surface area is 175 Å². The van der Waals surface area contributed by atoms with Crippen LogP contribution in [0.4, 0.5) is 5.82 Å². The molecule has 0 spiro atoms. The van der Waals surface area contributed by atoms with Crippen molar-refractivity contribution in [1.29, 1.82) is 0 Å². The Morgan fingerprint density at radius 1 is 0.966 bits per heavy atom. The minimum Gasteiger partial charge on any atom is -0.382 e. The summed E-state index contributed by atoms with van der Waals surface area (Å²) in [5, 5.41) is 2.85. The Kier molecular flexibility index (Phi) is 8.60. The third kappa shape index (κ3) is 7.99. The van der Waals surface area contributed by atoms with Crippen LogP contribution in [0, 0.1) is 10.8 Å². The van der Waals surface area contributed by atoms with Gasteiger partial charge in [0.15, 0.2) is 17.2 Å². The van der Waals surface area contributed by atoms with E-state index in [0.717, 1.165) is 12.8 Å². The summed E-state index contributed by atoms with van der Waals surface area (Å²) in [6, 6.07) is 0. The molecule has 0 bridgehead atoms. The van der Waals surface area contributed by atoms with Gasteiger partial charge in [0.25, 0.3) is 11.8 Å². The van der Waals surface area contributed by atoms with Gasteiger partial charge in [0.05, 0.1) is 5.69 Å². The molecule has 1 aromatic heterocycles. The average Bonchev–Trinajstić information content (AvgIpc) is 2.59. The number of hydrogen-bond donors (Lipinski definition) is 2. The third-order valence-corrected chi connectivity index (χ3v) is 4.71. The number of anilines is 1. The van der Waals surface area contributed by atoms with Gasteiger partial charge in [-0.3, -0.25) is 9.59 Å². The van der Waals surface area contributed by atoms with Crippen molar-refractivity contribution < 1.29 is 9.59 Å². The van der Waals surface area contributed by atoms with Crippen molar-refractivity contribution >= 4 is 17.6 Å². The fourth-order valence-corrected chi connectivity index (χ4v) is 2.73. The maximum atomic E-state index is 13.1. The highest BCUT2D eigenvalue weighted by molar-refractivity contribution is 5.98. The maximum Gasteiger partial charge on any atom is 0.274 e. The first kappa shape index (κ1) is 24.9. The molecule has 7 nitrogen and oxygen atoms in total. The average molecular weight is 406 g/mol. The third-order valence-electron chi connectivity index (χ3n) is 4.71. The molecule has 0 unspecified atom stereocenters. The van der Waals surface area contributed by atoms with Gasteiger partial charge in [-0.25, -0.2) is 9.97 Å². The molecule has 7 heteroatoms. The van der Waals surface area contributed by atoms with Crippen molar-refractivity contribution in [2.24, 2.45) is 10.8 Å². The smallest absolute Gasteiger partial charge is 0.274 e. The van der Waals surface area contributed by atoms with Crippen LogP contribution in [0.5, 0.6) is 0 Å². The first-order valence-corrected chi connectivity index (χ1v) is 10.5. The van der Waals surface area contributed by atoms with Gasteiger partial charge < -0.3 is 16.0 Å². The number of nitrogens with two attached hydrogens (primary N) is 1. The predicted molar refractivity (Wildman–Crippen MR) is 118 cm³/mol. The molecule has 1 aromatic rings. The van der Waals surface area contributed by atoms with Crippen LogP contribution in [0.15, 0.2) is 0 Å². The fraction of sp³-hybridized carbons (Fsp3) is 0.727. The minimum atomic E-state index is -0.354. The molecule has 1 rings (SSSR count). The Balaban J connectivity index is 3.05. The van der Waals surface area contributed by atoms with Gasteiger partial charge in [-0.1, -0.05) is 48.5 Å². The molecule has 29 heavy (non-hydrogen) atoms. The number of rotatable bonds is 8. The van der Waals surface area contributed by atoms with E-state index in [0.29, 0.717) is 31.7 Å². The maximum absolute atomic E-state index is 13.1. The Morgan fingerprint density at radius 3 is 2.03 bits per heavy atom. The molecule has 0 aliphatic carbocycles. The summed E-state index contributed by atoms with van der Waals surface area (Å²) in [6.07, 6.45) is 2.21. The second-order valence-corrected chi connectivity index (χ2v) is 9.87. The van der Waals surface area contributed by atoms with E-state index in [-0.39, 0.29) is 39.9 Å². The van der Waals surface area contributed by atoms with Gasteiger partial charge in [0.2, 0.25) is 0 Å². The molecule has 0 atom stereocenters. The quantitative estimate of drug-likeness (QED) is 0.687. The lowest BCUT2D eigenvalue weighted by atomic mass is 9.92. The fourth-order valence-electron chi connectivity index (χ4n) is 2.73. The van der Waals surface area contributed by atoms with Crippen molar-refractivity contribution in [3.63, 3.8) is 0 Å². The largest absolute Gasteiger partial charge is 0.382 e. The number of hydrogen-bond acceptors (Lipinski definition) is 5. The van der Waals surface area contributed by atoms with Gasteiger partial charge in [0, 0.05) is 19.6 Å². The number of aromatic nitrogens is 2. The molecular weight excluding hydrogens is 366 g/mol. The first-order chi connectivity index (χ1) is 13.3. The Hall–Kier alpha value is -2.18. The van der Waals surface area contributed by atoms with Crippen LogP contribution >= 0.6 is 0 Å². The first-order valence-electron chi connectivity index (χ1n) is 10.5. The Morgan fingerprint density at radius 2 is 1.55 bits per heavy atom. The number of nitrogens with one attached hydrogen (secondary N) is 1. The number of carbonyl (C=O) groups is 2. The second-order valence-electron chi connectivity index (χ2n) is 9.87. The zero-order chi connectivity index (χ0) is 22.4. The van der Waals surface area contributed by atoms with Gasteiger partial charge in [-0.2, -0.15) is 0 Å². The van der Waals surface area contributed by atoms with E-state index in [1.807, 2.05) is 13.8 Å². The number of amides is 2. The topological polar surface area (TPSA) is 101 Å². The highest BCUT2D eigenvalue weighted by Crippen LogP contribution is 2.21. The van der Waals surface area contributed by atoms with E-state index < -0.39 is 0 Å². The van der Waals surface area contributed by atoms with E-state index >= 15 is 0 Å². The van der Waals surface area contributed by atoms with Crippen LogP contribution in [-0.4, -0.2) is 46.3 Å². The van der Waals surface area contributed by atoms with Crippen LogP contribution < -0.4 is 11.1 Å². The van der Waals surface area contributed by atoms with E-state index in [2.05, 4.69) is 56.8 Å². The van der Waals surface area contributed by atoms with Crippen molar-refractivity contribution in [2.75, 3.05) is 25.4 Å². The molecule has 0 aromatic carbocycles. The van der Waals surface area contributed by atoms with Gasteiger partial charge in [-0.05, 0) is 37.0 Å². The molecule has 0 aliphatic heterocycles. The summed E-state index contributed by atoms with van der Waals surface area (Å²) < 4.78 is 0. The van der Waals surface area contributed by atoms with Crippen LogP contribution in [0.1, 0.15) is 94.9 Å². The van der Waals surface area contributed by atoms with Gasteiger partial charge in [-0.15, -0.1) is 0 Å². The van der Waals surface area contributed by atoms with Crippen LogP contribution in [0.3, 0.4) is 0 Å². The zero-order valence-electron chi connectivity index (χ0n) is 19.5.